The Balaban J connectivity index is 1.82. The number of ether oxygens (including phenoxy) is 3. The first-order valence-electron chi connectivity index (χ1n) is 9.90. The molecule has 0 N–H and O–H groups in total. The van der Waals surface area contributed by atoms with E-state index in [4.69, 9.17) is 14.2 Å². The van der Waals surface area contributed by atoms with Crippen LogP contribution in [0.5, 0.6) is 17.2 Å². The van der Waals surface area contributed by atoms with Gasteiger partial charge in [-0.05, 0) is 29.3 Å². The molecule has 158 valence electrons. The van der Waals surface area contributed by atoms with Gasteiger partial charge in [-0.2, -0.15) is 5.10 Å². The molecular weight excluding hydrogens is 392 g/mol. The molecule has 0 saturated carbocycles. The van der Waals surface area contributed by atoms with E-state index in [2.05, 4.69) is 5.10 Å². The van der Waals surface area contributed by atoms with Gasteiger partial charge in [0, 0.05) is 23.7 Å². The molecule has 0 atom stereocenters. The van der Waals surface area contributed by atoms with Crippen molar-refractivity contribution in [1.29, 1.82) is 0 Å². The van der Waals surface area contributed by atoms with Crippen LogP contribution < -0.4 is 14.2 Å². The molecular formula is C25H24N2O4. The number of carbonyl (C=O) groups is 1. The lowest BCUT2D eigenvalue weighted by atomic mass is 9.94. The standard InChI is InChI=1S/C25H24N2O4/c1-27-24(28)14-18-13-22(30-3)23(31-4)15-20(18)25(26-27)17-11-9-16(10-12-17)19-7-5-6-8-21(19)29-2/h5-13,15H,14H2,1-4H3. The number of hydrazone groups is 1. The molecule has 4 rings (SSSR count). The number of nitrogens with zero attached hydrogens (tertiary/aromatic N) is 2. The predicted octanol–water partition coefficient (Wildman–Crippen LogP) is 4.15. The van der Waals surface area contributed by atoms with Gasteiger partial charge in [-0.1, -0.05) is 42.5 Å². The minimum absolute atomic E-state index is 0.0888. The van der Waals surface area contributed by atoms with Crippen LogP contribution in [0.25, 0.3) is 11.1 Å². The lowest BCUT2D eigenvalue weighted by Crippen LogP contribution is -2.22. The summed E-state index contributed by atoms with van der Waals surface area (Å²) in [6.07, 6.45) is 0.235. The highest BCUT2D eigenvalue weighted by molar-refractivity contribution is 6.15. The molecule has 1 aliphatic rings. The summed E-state index contributed by atoms with van der Waals surface area (Å²) >= 11 is 0. The first-order chi connectivity index (χ1) is 15.0. The average molecular weight is 416 g/mol. The van der Waals surface area contributed by atoms with E-state index in [0.29, 0.717) is 17.2 Å². The van der Waals surface area contributed by atoms with E-state index in [0.717, 1.165) is 33.6 Å². The van der Waals surface area contributed by atoms with Crippen LogP contribution in [0.1, 0.15) is 16.7 Å². The van der Waals surface area contributed by atoms with Crippen molar-refractivity contribution in [3.8, 4) is 28.4 Å². The number of rotatable bonds is 5. The topological polar surface area (TPSA) is 60.4 Å². The number of amides is 1. The van der Waals surface area contributed by atoms with E-state index < -0.39 is 0 Å². The van der Waals surface area contributed by atoms with E-state index in [-0.39, 0.29) is 12.3 Å². The van der Waals surface area contributed by atoms with Crippen LogP contribution in [0, 0.1) is 0 Å². The lowest BCUT2D eigenvalue weighted by Gasteiger charge is -2.15. The highest BCUT2D eigenvalue weighted by atomic mass is 16.5. The van der Waals surface area contributed by atoms with Gasteiger partial charge in [-0.3, -0.25) is 4.79 Å². The Morgan fingerprint density at radius 2 is 1.39 bits per heavy atom. The summed E-state index contributed by atoms with van der Waals surface area (Å²) in [7, 11) is 6.52. The van der Waals surface area contributed by atoms with Gasteiger partial charge >= 0.3 is 0 Å². The zero-order chi connectivity index (χ0) is 22.0. The Morgan fingerprint density at radius 3 is 2.06 bits per heavy atom. The maximum atomic E-state index is 12.6. The Hall–Kier alpha value is -3.80. The highest BCUT2D eigenvalue weighted by Gasteiger charge is 2.24. The van der Waals surface area contributed by atoms with Gasteiger partial charge in [-0.25, -0.2) is 5.01 Å². The van der Waals surface area contributed by atoms with E-state index in [1.165, 1.54) is 5.01 Å². The number of methoxy groups -OCH3 is 3. The summed E-state index contributed by atoms with van der Waals surface area (Å²) in [5.74, 6) is 1.91. The second-order valence-electron chi connectivity index (χ2n) is 7.18. The molecule has 6 nitrogen and oxygen atoms in total. The minimum Gasteiger partial charge on any atom is -0.496 e. The fourth-order valence-electron chi connectivity index (χ4n) is 3.73. The maximum Gasteiger partial charge on any atom is 0.246 e. The number of hydrogen-bond acceptors (Lipinski definition) is 5. The third-order valence-corrected chi connectivity index (χ3v) is 5.39. The van der Waals surface area contributed by atoms with Gasteiger partial charge in [0.1, 0.15) is 5.75 Å². The third kappa shape index (κ3) is 3.84. The Kier molecular flexibility index (Phi) is 5.62. The van der Waals surface area contributed by atoms with E-state index in [9.17, 15) is 4.79 Å². The van der Waals surface area contributed by atoms with Crippen molar-refractivity contribution in [2.45, 2.75) is 6.42 Å². The van der Waals surface area contributed by atoms with Crippen molar-refractivity contribution in [2.75, 3.05) is 28.4 Å². The van der Waals surface area contributed by atoms with Crippen molar-refractivity contribution in [3.05, 3.63) is 77.4 Å². The van der Waals surface area contributed by atoms with Gasteiger partial charge < -0.3 is 14.2 Å². The second kappa shape index (κ2) is 8.52. The molecule has 1 heterocycles. The molecule has 0 fully saturated rings. The number of fused-ring (bicyclic) bond motifs is 1. The van der Waals surface area contributed by atoms with Crippen LogP contribution in [-0.2, 0) is 11.2 Å². The molecule has 0 aromatic heterocycles. The molecule has 3 aromatic rings. The lowest BCUT2D eigenvalue weighted by molar-refractivity contribution is -0.129. The van der Waals surface area contributed by atoms with Crippen LogP contribution >= 0.6 is 0 Å². The molecule has 0 aliphatic carbocycles. The Labute approximate surface area is 181 Å². The van der Waals surface area contributed by atoms with Gasteiger partial charge in [0.25, 0.3) is 0 Å². The number of likely N-dealkylation sites (N-methyl/N-ethyl adjacent to an activating group) is 1. The molecule has 3 aromatic carbocycles. The maximum absolute atomic E-state index is 12.6. The monoisotopic (exact) mass is 416 g/mol. The molecule has 0 bridgehead atoms. The minimum atomic E-state index is -0.0888. The molecule has 1 amide bonds. The summed E-state index contributed by atoms with van der Waals surface area (Å²) < 4.78 is 16.4. The summed E-state index contributed by atoms with van der Waals surface area (Å²) in [5.41, 5.74) is 5.34. The number of hydrogen-bond donors (Lipinski definition) is 0. The molecule has 0 unspecified atom stereocenters. The predicted molar refractivity (Wildman–Crippen MR) is 120 cm³/mol. The Bertz CT molecular complexity index is 1150. The normalized spacial score (nSPS) is 13.2. The number of benzene rings is 3. The molecule has 0 spiro atoms. The van der Waals surface area contributed by atoms with Crippen molar-refractivity contribution >= 4 is 11.6 Å². The van der Waals surface area contributed by atoms with E-state index in [1.807, 2.05) is 60.7 Å². The average Bonchev–Trinajstić information content (AvgIpc) is 2.93. The summed E-state index contributed by atoms with van der Waals surface area (Å²) in [4.78, 5) is 12.6. The zero-order valence-corrected chi connectivity index (χ0v) is 18.0. The second-order valence-corrected chi connectivity index (χ2v) is 7.18. The summed E-state index contributed by atoms with van der Waals surface area (Å²) in [5, 5.41) is 6.01. The van der Waals surface area contributed by atoms with E-state index in [1.54, 1.807) is 28.4 Å². The fourth-order valence-corrected chi connectivity index (χ4v) is 3.73. The van der Waals surface area contributed by atoms with Crippen LogP contribution in [0.2, 0.25) is 0 Å². The van der Waals surface area contributed by atoms with Crippen molar-refractivity contribution in [3.63, 3.8) is 0 Å². The van der Waals surface area contributed by atoms with Crippen LogP contribution in [0.4, 0.5) is 0 Å². The molecule has 1 aliphatic heterocycles. The quantitative estimate of drug-likeness (QED) is 0.627. The molecule has 0 saturated heterocycles. The van der Waals surface area contributed by atoms with Crippen molar-refractivity contribution in [1.82, 2.24) is 5.01 Å². The third-order valence-electron chi connectivity index (χ3n) is 5.39. The van der Waals surface area contributed by atoms with Gasteiger partial charge in [-0.15, -0.1) is 0 Å². The van der Waals surface area contributed by atoms with Gasteiger partial charge in [0.2, 0.25) is 5.91 Å². The summed E-state index contributed by atoms with van der Waals surface area (Å²) in [6.45, 7) is 0. The Morgan fingerprint density at radius 1 is 0.774 bits per heavy atom. The van der Waals surface area contributed by atoms with Crippen LogP contribution in [0.3, 0.4) is 0 Å². The fraction of sp³-hybridized carbons (Fsp3) is 0.200. The van der Waals surface area contributed by atoms with Gasteiger partial charge in [0.05, 0.1) is 33.5 Å². The highest BCUT2D eigenvalue weighted by Crippen LogP contribution is 2.34. The summed E-state index contributed by atoms with van der Waals surface area (Å²) in [6, 6.07) is 19.7. The first-order valence-corrected chi connectivity index (χ1v) is 9.90. The SMILES string of the molecule is COc1cc2c(cc1OC)C(c1ccc(-c3ccccc3OC)cc1)=NN(C)C(=O)C2. The molecule has 0 radical (unpaired) electrons. The zero-order valence-electron chi connectivity index (χ0n) is 18.0. The van der Waals surface area contributed by atoms with Crippen LogP contribution in [0.15, 0.2) is 65.8 Å². The molecule has 6 heteroatoms. The first kappa shape index (κ1) is 20.5. The smallest absolute Gasteiger partial charge is 0.246 e. The van der Waals surface area contributed by atoms with E-state index >= 15 is 0 Å². The molecule has 31 heavy (non-hydrogen) atoms. The van der Waals surface area contributed by atoms with Crippen molar-refractivity contribution in [2.24, 2.45) is 5.10 Å². The van der Waals surface area contributed by atoms with Gasteiger partial charge in [0.15, 0.2) is 11.5 Å². The van der Waals surface area contributed by atoms with Crippen molar-refractivity contribution < 1.29 is 19.0 Å². The number of para-hydroxylation sites is 1. The largest absolute Gasteiger partial charge is 0.496 e. The van der Waals surface area contributed by atoms with Crippen LogP contribution in [-0.4, -0.2) is 45.0 Å². The number of carbonyl (C=O) groups excluding carboxylic acids is 1.